The summed E-state index contributed by atoms with van der Waals surface area (Å²) in [6.45, 7) is 6.10. The molecule has 1 saturated heterocycles. The summed E-state index contributed by atoms with van der Waals surface area (Å²) >= 11 is 0. The molecule has 1 aliphatic heterocycles. The van der Waals surface area contributed by atoms with Crippen molar-refractivity contribution in [2.75, 3.05) is 19.7 Å². The molecule has 0 spiro atoms. The van der Waals surface area contributed by atoms with Crippen molar-refractivity contribution in [1.82, 2.24) is 5.32 Å². The molecule has 4 heteroatoms. The molecular weight excluding hydrogens is 224 g/mol. The van der Waals surface area contributed by atoms with E-state index in [1.54, 1.807) is 0 Å². The van der Waals surface area contributed by atoms with Gasteiger partial charge in [-0.25, -0.2) is 8.78 Å². The maximum absolute atomic E-state index is 13.6. The highest BCUT2D eigenvalue weighted by Crippen LogP contribution is 2.26. The van der Waals surface area contributed by atoms with Crippen LogP contribution in [0.5, 0.6) is 0 Å². The molecule has 0 aliphatic carbocycles. The van der Waals surface area contributed by atoms with Crippen LogP contribution in [0.3, 0.4) is 0 Å². The van der Waals surface area contributed by atoms with Crippen LogP contribution in [-0.2, 0) is 4.74 Å². The minimum atomic E-state index is -0.562. The third kappa shape index (κ3) is 3.01. The second-order valence-corrected chi connectivity index (χ2v) is 5.26. The first-order valence-electron chi connectivity index (χ1n) is 5.75. The van der Waals surface area contributed by atoms with E-state index in [0.717, 1.165) is 12.6 Å². The Hall–Kier alpha value is -1.00. The fraction of sp³-hybridized carbons (Fsp3) is 0.538. The summed E-state index contributed by atoms with van der Waals surface area (Å²) in [6.07, 6.45) is -0.350. The van der Waals surface area contributed by atoms with Gasteiger partial charge < -0.3 is 10.1 Å². The maximum Gasteiger partial charge on any atom is 0.131 e. The average molecular weight is 241 g/mol. The summed E-state index contributed by atoms with van der Waals surface area (Å²) in [5.41, 5.74) is 0.447. The molecule has 0 saturated carbocycles. The van der Waals surface area contributed by atoms with Crippen LogP contribution < -0.4 is 5.32 Å². The molecule has 1 fully saturated rings. The zero-order valence-corrected chi connectivity index (χ0v) is 10.1. The zero-order chi connectivity index (χ0) is 12.5. The van der Waals surface area contributed by atoms with E-state index in [-0.39, 0.29) is 11.5 Å². The summed E-state index contributed by atoms with van der Waals surface area (Å²) < 4.78 is 32.1. The second kappa shape index (κ2) is 4.70. The Bertz CT molecular complexity index is 406. The van der Waals surface area contributed by atoms with Crippen molar-refractivity contribution >= 4 is 0 Å². The van der Waals surface area contributed by atoms with E-state index >= 15 is 0 Å². The number of benzene rings is 1. The monoisotopic (exact) mass is 241 g/mol. The number of rotatable bonds is 1. The number of nitrogens with one attached hydrogen (secondary N) is 1. The Labute approximate surface area is 100.0 Å². The highest BCUT2D eigenvalue weighted by Gasteiger charge is 2.26. The molecule has 0 bridgehead atoms. The number of hydrogen-bond donors (Lipinski definition) is 1. The molecule has 2 rings (SSSR count). The van der Waals surface area contributed by atoms with E-state index in [0.29, 0.717) is 18.7 Å². The predicted octanol–water partition coefficient (Wildman–Crippen LogP) is 2.65. The van der Waals surface area contributed by atoms with Crippen LogP contribution in [-0.4, -0.2) is 19.7 Å². The fourth-order valence-corrected chi connectivity index (χ4v) is 1.94. The summed E-state index contributed by atoms with van der Waals surface area (Å²) in [5.74, 6) is -1.11. The summed E-state index contributed by atoms with van der Waals surface area (Å²) in [4.78, 5) is 0. The number of ether oxygens (including phenoxy) is 1. The van der Waals surface area contributed by atoms with Gasteiger partial charge in [-0.2, -0.15) is 0 Å². The molecule has 1 aromatic carbocycles. The van der Waals surface area contributed by atoms with Gasteiger partial charge in [0.1, 0.15) is 11.6 Å². The van der Waals surface area contributed by atoms with Gasteiger partial charge in [-0.1, -0.05) is 19.9 Å². The molecular formula is C13H17F2NO. The topological polar surface area (TPSA) is 21.3 Å². The smallest absolute Gasteiger partial charge is 0.131 e. The maximum atomic E-state index is 13.6. The van der Waals surface area contributed by atoms with Crippen molar-refractivity contribution in [3.63, 3.8) is 0 Å². The van der Waals surface area contributed by atoms with E-state index in [2.05, 4.69) is 19.2 Å². The Morgan fingerprint density at radius 3 is 2.82 bits per heavy atom. The van der Waals surface area contributed by atoms with Gasteiger partial charge in [-0.05, 0) is 6.07 Å². The van der Waals surface area contributed by atoms with Crippen LogP contribution in [0, 0.1) is 17.0 Å². The molecule has 0 aromatic heterocycles. The molecule has 0 radical (unpaired) electrons. The summed E-state index contributed by atoms with van der Waals surface area (Å²) in [6, 6.07) is 3.61. The van der Waals surface area contributed by atoms with Crippen LogP contribution >= 0.6 is 0 Å². The van der Waals surface area contributed by atoms with Crippen molar-refractivity contribution in [1.29, 1.82) is 0 Å². The first kappa shape index (κ1) is 12.5. The third-order valence-corrected chi connectivity index (χ3v) is 2.92. The average Bonchev–Trinajstić information content (AvgIpc) is 2.40. The van der Waals surface area contributed by atoms with E-state index in [4.69, 9.17) is 4.74 Å². The molecule has 1 unspecified atom stereocenters. The van der Waals surface area contributed by atoms with Gasteiger partial charge in [0.2, 0.25) is 0 Å². The minimum Gasteiger partial charge on any atom is -0.371 e. The molecule has 1 atom stereocenters. The first-order chi connectivity index (χ1) is 7.98. The molecule has 17 heavy (non-hydrogen) atoms. The molecule has 1 aliphatic rings. The number of hydrogen-bond acceptors (Lipinski definition) is 2. The van der Waals surface area contributed by atoms with Crippen LogP contribution in [0.4, 0.5) is 8.78 Å². The Morgan fingerprint density at radius 1 is 1.35 bits per heavy atom. The molecule has 1 aromatic rings. The van der Waals surface area contributed by atoms with Gasteiger partial charge in [-0.3, -0.25) is 0 Å². The van der Waals surface area contributed by atoms with Gasteiger partial charge in [0.15, 0.2) is 0 Å². The summed E-state index contributed by atoms with van der Waals surface area (Å²) in [5, 5.41) is 3.24. The lowest BCUT2D eigenvalue weighted by molar-refractivity contribution is 0.0241. The van der Waals surface area contributed by atoms with E-state index in [1.807, 2.05) is 0 Å². The van der Waals surface area contributed by atoms with Gasteiger partial charge in [0.05, 0.1) is 12.7 Å². The highest BCUT2D eigenvalue weighted by atomic mass is 19.1. The first-order valence-corrected chi connectivity index (χ1v) is 5.75. The largest absolute Gasteiger partial charge is 0.371 e. The summed E-state index contributed by atoms with van der Waals surface area (Å²) in [7, 11) is 0. The predicted molar refractivity (Wildman–Crippen MR) is 61.7 cm³/mol. The van der Waals surface area contributed by atoms with E-state index < -0.39 is 11.6 Å². The lowest BCUT2D eigenvalue weighted by Gasteiger charge is -2.21. The quantitative estimate of drug-likeness (QED) is 0.816. The van der Waals surface area contributed by atoms with Crippen molar-refractivity contribution in [3.8, 4) is 0 Å². The van der Waals surface area contributed by atoms with Gasteiger partial charge in [0, 0.05) is 30.1 Å². The van der Waals surface area contributed by atoms with Crippen molar-refractivity contribution in [2.45, 2.75) is 20.0 Å². The Balaban J connectivity index is 2.17. The van der Waals surface area contributed by atoms with Crippen molar-refractivity contribution < 1.29 is 13.5 Å². The van der Waals surface area contributed by atoms with Crippen molar-refractivity contribution in [2.24, 2.45) is 5.41 Å². The Morgan fingerprint density at radius 2 is 2.12 bits per heavy atom. The van der Waals surface area contributed by atoms with Gasteiger partial charge in [-0.15, -0.1) is 0 Å². The molecule has 1 heterocycles. The highest BCUT2D eigenvalue weighted by molar-refractivity contribution is 5.21. The van der Waals surface area contributed by atoms with E-state index in [1.165, 1.54) is 12.1 Å². The lowest BCUT2D eigenvalue weighted by Crippen LogP contribution is -2.29. The van der Waals surface area contributed by atoms with Crippen LogP contribution in [0.2, 0.25) is 0 Å². The molecule has 1 N–H and O–H groups in total. The second-order valence-electron chi connectivity index (χ2n) is 5.26. The van der Waals surface area contributed by atoms with Crippen LogP contribution in [0.1, 0.15) is 25.5 Å². The van der Waals surface area contributed by atoms with Crippen molar-refractivity contribution in [3.05, 3.63) is 35.4 Å². The standard InChI is InChI=1S/C13H17F2NO/c1-13(2)7-16-6-12(17-8-13)10-4-3-9(14)5-11(10)15/h3-5,12,16H,6-8H2,1-2H3. The van der Waals surface area contributed by atoms with Gasteiger partial charge in [0.25, 0.3) is 0 Å². The minimum absolute atomic E-state index is 0.0330. The van der Waals surface area contributed by atoms with Gasteiger partial charge >= 0.3 is 0 Å². The zero-order valence-electron chi connectivity index (χ0n) is 10.1. The lowest BCUT2D eigenvalue weighted by atomic mass is 9.95. The van der Waals surface area contributed by atoms with Crippen LogP contribution in [0.25, 0.3) is 0 Å². The van der Waals surface area contributed by atoms with Crippen LogP contribution in [0.15, 0.2) is 18.2 Å². The Kier molecular flexibility index (Phi) is 3.45. The SMILES string of the molecule is CC1(C)CNCC(c2ccc(F)cc2F)OC1. The van der Waals surface area contributed by atoms with E-state index in [9.17, 15) is 8.78 Å². The molecule has 94 valence electrons. The molecule has 0 amide bonds. The molecule has 2 nitrogen and oxygen atoms in total. The number of halogens is 2. The third-order valence-electron chi connectivity index (χ3n) is 2.92. The normalized spacial score (nSPS) is 24.4. The fourth-order valence-electron chi connectivity index (χ4n) is 1.94.